The number of imide groups is 1. The molecular formula is C15H14N2O3. The lowest BCUT2D eigenvalue weighted by Gasteiger charge is -2.37. The molecule has 2 heterocycles. The first-order chi connectivity index (χ1) is 9.75. The van der Waals surface area contributed by atoms with E-state index in [0.717, 1.165) is 17.9 Å². The van der Waals surface area contributed by atoms with Crippen LogP contribution in [0, 0.1) is 23.7 Å². The molecule has 5 nitrogen and oxygen atoms in total. The van der Waals surface area contributed by atoms with E-state index in [1.54, 1.807) is 12.1 Å². The predicted octanol–water partition coefficient (Wildman–Crippen LogP) is 1.81. The van der Waals surface area contributed by atoms with Crippen molar-refractivity contribution in [2.24, 2.45) is 28.8 Å². The molecule has 20 heavy (non-hydrogen) atoms. The lowest BCUT2D eigenvalue weighted by Crippen LogP contribution is -2.38. The van der Waals surface area contributed by atoms with Crippen LogP contribution >= 0.6 is 0 Å². The molecule has 2 bridgehead atoms. The van der Waals surface area contributed by atoms with E-state index in [-0.39, 0.29) is 35.5 Å². The molecule has 2 fully saturated rings. The van der Waals surface area contributed by atoms with Crippen LogP contribution in [0.2, 0.25) is 0 Å². The standard InChI is InChI=1S/C15H14N2O3/c18-14-12-9-3-4-10(6-5-9)13(12)15(19)17(14)16-8-11-2-1-7-20-11/h1-4,7-10,12-13H,5-6H2/b16-8-/t9-,10-,12+,13+/m0/s1. The largest absolute Gasteiger partial charge is 0.463 e. The molecule has 4 aliphatic rings. The van der Waals surface area contributed by atoms with Crippen molar-refractivity contribution in [3.05, 3.63) is 36.3 Å². The normalized spacial score (nSPS) is 35.3. The summed E-state index contributed by atoms with van der Waals surface area (Å²) < 4.78 is 5.13. The van der Waals surface area contributed by atoms with Crippen LogP contribution in [0.3, 0.4) is 0 Å². The molecule has 1 aromatic rings. The van der Waals surface area contributed by atoms with Crippen LogP contribution in [-0.2, 0) is 9.59 Å². The smallest absolute Gasteiger partial charge is 0.254 e. The van der Waals surface area contributed by atoms with Crippen molar-refractivity contribution in [3.63, 3.8) is 0 Å². The zero-order valence-electron chi connectivity index (χ0n) is 10.8. The summed E-state index contributed by atoms with van der Waals surface area (Å²) in [6, 6.07) is 3.46. The summed E-state index contributed by atoms with van der Waals surface area (Å²) in [7, 11) is 0. The second-order valence-electron chi connectivity index (χ2n) is 5.59. The van der Waals surface area contributed by atoms with Gasteiger partial charge in [-0.2, -0.15) is 10.1 Å². The Balaban J connectivity index is 1.64. The molecule has 5 heteroatoms. The van der Waals surface area contributed by atoms with E-state index in [0.29, 0.717) is 5.76 Å². The second kappa shape index (κ2) is 4.16. The highest BCUT2D eigenvalue weighted by Crippen LogP contribution is 2.49. The van der Waals surface area contributed by atoms with Gasteiger partial charge in [0.2, 0.25) is 0 Å². The molecule has 5 rings (SSSR count). The number of carbonyl (C=O) groups is 2. The Morgan fingerprint density at radius 2 is 1.80 bits per heavy atom. The van der Waals surface area contributed by atoms with Gasteiger partial charge in [-0.3, -0.25) is 9.59 Å². The summed E-state index contributed by atoms with van der Waals surface area (Å²) >= 11 is 0. The maximum atomic E-state index is 12.4. The topological polar surface area (TPSA) is 62.9 Å². The maximum Gasteiger partial charge on any atom is 0.254 e. The lowest BCUT2D eigenvalue weighted by atomic mass is 9.63. The molecule has 102 valence electrons. The number of fused-ring (bicyclic) bond motifs is 1. The fraction of sp³-hybridized carbons (Fsp3) is 0.400. The summed E-state index contributed by atoms with van der Waals surface area (Å²) in [5, 5.41) is 5.07. The highest BCUT2D eigenvalue weighted by atomic mass is 16.3. The minimum atomic E-state index is -0.208. The van der Waals surface area contributed by atoms with Crippen LogP contribution in [0.1, 0.15) is 18.6 Å². The summed E-state index contributed by atoms with van der Waals surface area (Å²) in [4.78, 5) is 24.9. The van der Waals surface area contributed by atoms with Crippen LogP contribution in [0.15, 0.2) is 40.1 Å². The molecule has 1 aromatic heterocycles. The van der Waals surface area contributed by atoms with Crippen molar-refractivity contribution in [2.45, 2.75) is 12.8 Å². The number of allylic oxidation sites excluding steroid dienone is 2. The van der Waals surface area contributed by atoms with E-state index in [9.17, 15) is 9.59 Å². The van der Waals surface area contributed by atoms with Gasteiger partial charge in [-0.25, -0.2) is 0 Å². The third-order valence-electron chi connectivity index (χ3n) is 4.58. The Morgan fingerprint density at radius 3 is 2.30 bits per heavy atom. The van der Waals surface area contributed by atoms with Gasteiger partial charge in [0, 0.05) is 0 Å². The number of furan rings is 1. The van der Waals surface area contributed by atoms with E-state index in [1.807, 2.05) is 0 Å². The zero-order valence-corrected chi connectivity index (χ0v) is 10.8. The minimum Gasteiger partial charge on any atom is -0.463 e. The van der Waals surface area contributed by atoms with E-state index >= 15 is 0 Å². The molecule has 0 radical (unpaired) electrons. The monoisotopic (exact) mass is 270 g/mol. The fourth-order valence-corrected chi connectivity index (χ4v) is 3.65. The molecule has 0 aromatic carbocycles. The molecule has 1 saturated carbocycles. The zero-order chi connectivity index (χ0) is 13.7. The predicted molar refractivity (Wildman–Crippen MR) is 70.5 cm³/mol. The third kappa shape index (κ3) is 1.52. The van der Waals surface area contributed by atoms with E-state index in [4.69, 9.17) is 4.42 Å². The first kappa shape index (κ1) is 11.6. The number of hydrogen-bond acceptors (Lipinski definition) is 4. The summed E-state index contributed by atoms with van der Waals surface area (Å²) in [5.41, 5.74) is 0. The Kier molecular flexibility index (Phi) is 2.42. The summed E-state index contributed by atoms with van der Waals surface area (Å²) in [5.74, 6) is 0.181. The molecule has 1 aliphatic heterocycles. The quantitative estimate of drug-likeness (QED) is 0.468. The average molecular weight is 270 g/mol. The van der Waals surface area contributed by atoms with Gasteiger partial charge in [0.1, 0.15) is 5.76 Å². The van der Waals surface area contributed by atoms with Gasteiger partial charge in [0.05, 0.1) is 24.3 Å². The molecule has 0 N–H and O–H groups in total. The summed E-state index contributed by atoms with van der Waals surface area (Å²) in [6.07, 6.45) is 9.13. The SMILES string of the molecule is O=C1[C@H]2[C@H](C(=O)N1/N=C\c1ccco1)[C@H]1C=C[C@H]2CC1. The second-order valence-corrected chi connectivity index (χ2v) is 5.59. The average Bonchev–Trinajstić information content (AvgIpc) is 3.08. The van der Waals surface area contributed by atoms with Gasteiger partial charge < -0.3 is 4.42 Å². The first-order valence-corrected chi connectivity index (χ1v) is 6.89. The van der Waals surface area contributed by atoms with Crippen molar-refractivity contribution in [2.75, 3.05) is 0 Å². The van der Waals surface area contributed by atoms with Crippen molar-refractivity contribution in [1.29, 1.82) is 0 Å². The van der Waals surface area contributed by atoms with Gasteiger partial charge in [-0.15, -0.1) is 0 Å². The number of amides is 2. The van der Waals surface area contributed by atoms with Crippen LogP contribution in [0.25, 0.3) is 0 Å². The molecule has 4 atom stereocenters. The van der Waals surface area contributed by atoms with Crippen LogP contribution in [-0.4, -0.2) is 23.0 Å². The number of hydrogen-bond donors (Lipinski definition) is 0. The van der Waals surface area contributed by atoms with Gasteiger partial charge in [0.25, 0.3) is 11.8 Å². The Labute approximate surface area is 115 Å². The minimum absolute atomic E-state index is 0.165. The van der Waals surface area contributed by atoms with Crippen molar-refractivity contribution in [3.8, 4) is 0 Å². The molecule has 0 spiro atoms. The van der Waals surface area contributed by atoms with E-state index < -0.39 is 0 Å². The number of rotatable bonds is 2. The van der Waals surface area contributed by atoms with Gasteiger partial charge >= 0.3 is 0 Å². The Bertz CT molecular complexity index is 585. The van der Waals surface area contributed by atoms with E-state index in [1.165, 1.54) is 12.5 Å². The Morgan fingerprint density at radius 1 is 1.15 bits per heavy atom. The molecule has 1 saturated heterocycles. The molecule has 3 aliphatic carbocycles. The highest BCUT2D eigenvalue weighted by Gasteiger charge is 2.56. The molecule has 0 unspecified atom stereocenters. The Hall–Kier alpha value is -2.17. The van der Waals surface area contributed by atoms with Crippen LogP contribution in [0.5, 0.6) is 0 Å². The van der Waals surface area contributed by atoms with Crippen LogP contribution in [0.4, 0.5) is 0 Å². The first-order valence-electron chi connectivity index (χ1n) is 6.89. The number of carbonyl (C=O) groups excluding carboxylic acids is 2. The highest BCUT2D eigenvalue weighted by molar-refractivity contribution is 6.06. The van der Waals surface area contributed by atoms with Gasteiger partial charge in [-0.05, 0) is 36.8 Å². The maximum absolute atomic E-state index is 12.4. The molecule has 2 amide bonds. The van der Waals surface area contributed by atoms with Crippen molar-refractivity contribution < 1.29 is 14.0 Å². The van der Waals surface area contributed by atoms with Gasteiger partial charge in [-0.1, -0.05) is 12.2 Å². The molecular weight excluding hydrogens is 256 g/mol. The van der Waals surface area contributed by atoms with Crippen molar-refractivity contribution in [1.82, 2.24) is 5.01 Å². The van der Waals surface area contributed by atoms with Crippen molar-refractivity contribution >= 4 is 18.0 Å². The van der Waals surface area contributed by atoms with E-state index in [2.05, 4.69) is 17.3 Å². The fourth-order valence-electron chi connectivity index (χ4n) is 3.65. The lowest BCUT2D eigenvalue weighted by molar-refractivity contribution is -0.140. The number of nitrogens with zero attached hydrogens (tertiary/aromatic N) is 2. The summed E-state index contributed by atoms with van der Waals surface area (Å²) in [6.45, 7) is 0. The number of hydrazone groups is 1. The van der Waals surface area contributed by atoms with Gasteiger partial charge in [0.15, 0.2) is 0 Å². The third-order valence-corrected chi connectivity index (χ3v) is 4.58. The van der Waals surface area contributed by atoms with Crippen LogP contribution < -0.4 is 0 Å².